The maximum Gasteiger partial charge on any atom is 0.141 e. The van der Waals surface area contributed by atoms with Crippen LogP contribution in [0.1, 0.15) is 13.8 Å². The highest BCUT2D eigenvalue weighted by Gasteiger charge is 2.00. The SMILES string of the molecule is CC(C)CNc1ccc(F)c(Cl)c1. The Hall–Kier alpha value is -0.760. The van der Waals surface area contributed by atoms with Crippen LogP contribution in [0.2, 0.25) is 5.02 Å². The molecule has 72 valence electrons. The van der Waals surface area contributed by atoms with E-state index in [0.29, 0.717) is 5.92 Å². The van der Waals surface area contributed by atoms with Crippen molar-refractivity contribution in [3.63, 3.8) is 0 Å². The Bertz CT molecular complexity index is 286. The predicted octanol–water partition coefficient (Wildman–Crippen LogP) is 3.55. The molecule has 1 rings (SSSR count). The minimum absolute atomic E-state index is 0.161. The Morgan fingerprint density at radius 1 is 1.46 bits per heavy atom. The van der Waals surface area contributed by atoms with Crippen LogP contribution >= 0.6 is 11.6 Å². The third-order valence-corrected chi connectivity index (χ3v) is 1.92. The summed E-state index contributed by atoms with van der Waals surface area (Å²) in [6.07, 6.45) is 0. The molecule has 0 saturated heterocycles. The molecule has 1 aromatic carbocycles. The van der Waals surface area contributed by atoms with Crippen LogP contribution in [0.15, 0.2) is 18.2 Å². The fourth-order valence-electron chi connectivity index (χ4n) is 0.928. The van der Waals surface area contributed by atoms with Crippen molar-refractivity contribution in [2.45, 2.75) is 13.8 Å². The van der Waals surface area contributed by atoms with E-state index in [0.717, 1.165) is 12.2 Å². The Labute approximate surface area is 82.9 Å². The number of benzene rings is 1. The van der Waals surface area contributed by atoms with Crippen LogP contribution < -0.4 is 5.32 Å². The standard InChI is InChI=1S/C10H13ClFN/c1-7(2)6-13-8-3-4-10(12)9(11)5-8/h3-5,7,13H,6H2,1-2H3. The summed E-state index contributed by atoms with van der Waals surface area (Å²) >= 11 is 5.61. The quantitative estimate of drug-likeness (QED) is 0.789. The van der Waals surface area contributed by atoms with E-state index < -0.39 is 0 Å². The summed E-state index contributed by atoms with van der Waals surface area (Å²) in [6, 6.07) is 4.65. The van der Waals surface area contributed by atoms with E-state index in [1.54, 1.807) is 12.1 Å². The summed E-state index contributed by atoms with van der Waals surface area (Å²) in [5.74, 6) is 0.181. The van der Waals surface area contributed by atoms with Crippen molar-refractivity contribution in [1.82, 2.24) is 0 Å². The van der Waals surface area contributed by atoms with Gasteiger partial charge in [-0.25, -0.2) is 4.39 Å². The van der Waals surface area contributed by atoms with Crippen molar-refractivity contribution < 1.29 is 4.39 Å². The molecule has 0 spiro atoms. The lowest BCUT2D eigenvalue weighted by Crippen LogP contribution is -2.07. The smallest absolute Gasteiger partial charge is 0.141 e. The normalized spacial score (nSPS) is 10.5. The highest BCUT2D eigenvalue weighted by Crippen LogP contribution is 2.19. The zero-order valence-electron chi connectivity index (χ0n) is 7.77. The Balaban J connectivity index is 2.63. The third kappa shape index (κ3) is 3.23. The summed E-state index contributed by atoms with van der Waals surface area (Å²) in [6.45, 7) is 5.08. The molecule has 0 aliphatic rings. The fourth-order valence-corrected chi connectivity index (χ4v) is 1.11. The van der Waals surface area contributed by atoms with E-state index in [1.807, 2.05) is 0 Å². The highest BCUT2D eigenvalue weighted by molar-refractivity contribution is 6.31. The van der Waals surface area contributed by atoms with Gasteiger partial charge in [0.1, 0.15) is 5.82 Å². The van der Waals surface area contributed by atoms with Crippen molar-refractivity contribution in [1.29, 1.82) is 0 Å². The summed E-state index contributed by atoms with van der Waals surface area (Å²) in [5.41, 5.74) is 0.861. The lowest BCUT2D eigenvalue weighted by molar-refractivity contribution is 0.628. The number of anilines is 1. The highest BCUT2D eigenvalue weighted by atomic mass is 35.5. The van der Waals surface area contributed by atoms with Gasteiger partial charge in [0.25, 0.3) is 0 Å². The zero-order chi connectivity index (χ0) is 9.84. The van der Waals surface area contributed by atoms with Gasteiger partial charge in [0.2, 0.25) is 0 Å². The van der Waals surface area contributed by atoms with E-state index in [4.69, 9.17) is 11.6 Å². The van der Waals surface area contributed by atoms with E-state index in [9.17, 15) is 4.39 Å². The average Bonchev–Trinajstić information content (AvgIpc) is 2.07. The van der Waals surface area contributed by atoms with Crippen LogP contribution in [0.3, 0.4) is 0 Å². The Kier molecular flexibility index (Phi) is 3.55. The molecule has 0 heterocycles. The first-order valence-corrected chi connectivity index (χ1v) is 4.66. The molecule has 0 radical (unpaired) electrons. The van der Waals surface area contributed by atoms with E-state index in [-0.39, 0.29) is 10.8 Å². The molecule has 13 heavy (non-hydrogen) atoms. The zero-order valence-corrected chi connectivity index (χ0v) is 8.53. The van der Waals surface area contributed by atoms with Crippen molar-refractivity contribution in [2.75, 3.05) is 11.9 Å². The molecule has 0 aliphatic carbocycles. The van der Waals surface area contributed by atoms with Crippen LogP contribution in [0.4, 0.5) is 10.1 Å². The monoisotopic (exact) mass is 201 g/mol. The average molecular weight is 202 g/mol. The Morgan fingerprint density at radius 2 is 2.15 bits per heavy atom. The second-order valence-corrected chi connectivity index (χ2v) is 3.81. The van der Waals surface area contributed by atoms with Gasteiger partial charge < -0.3 is 5.32 Å². The minimum Gasteiger partial charge on any atom is -0.385 e. The summed E-state index contributed by atoms with van der Waals surface area (Å²) in [5, 5.41) is 3.32. The van der Waals surface area contributed by atoms with Crippen LogP contribution in [0, 0.1) is 11.7 Å². The van der Waals surface area contributed by atoms with Gasteiger partial charge in [-0.15, -0.1) is 0 Å². The topological polar surface area (TPSA) is 12.0 Å². The maximum absolute atomic E-state index is 12.7. The van der Waals surface area contributed by atoms with Gasteiger partial charge in [0.05, 0.1) is 5.02 Å². The van der Waals surface area contributed by atoms with Gasteiger partial charge in [-0.3, -0.25) is 0 Å². The fraction of sp³-hybridized carbons (Fsp3) is 0.400. The second kappa shape index (κ2) is 4.47. The second-order valence-electron chi connectivity index (χ2n) is 3.40. The van der Waals surface area contributed by atoms with Gasteiger partial charge in [0, 0.05) is 12.2 Å². The van der Waals surface area contributed by atoms with Gasteiger partial charge >= 0.3 is 0 Å². The number of hydrogen-bond acceptors (Lipinski definition) is 1. The number of halogens is 2. The van der Waals surface area contributed by atoms with Crippen molar-refractivity contribution >= 4 is 17.3 Å². The summed E-state index contributed by atoms with van der Waals surface area (Å²) in [7, 11) is 0. The summed E-state index contributed by atoms with van der Waals surface area (Å²) < 4.78 is 12.7. The summed E-state index contributed by atoms with van der Waals surface area (Å²) in [4.78, 5) is 0. The number of nitrogens with one attached hydrogen (secondary N) is 1. The first-order valence-electron chi connectivity index (χ1n) is 4.28. The van der Waals surface area contributed by atoms with Crippen LogP contribution in [0.5, 0.6) is 0 Å². The van der Waals surface area contributed by atoms with Crippen LogP contribution in [0.25, 0.3) is 0 Å². The largest absolute Gasteiger partial charge is 0.385 e. The van der Waals surface area contributed by atoms with E-state index in [2.05, 4.69) is 19.2 Å². The molecule has 0 aromatic heterocycles. The molecule has 0 aliphatic heterocycles. The van der Waals surface area contributed by atoms with Crippen molar-refractivity contribution in [3.05, 3.63) is 29.0 Å². The molecule has 0 amide bonds. The molecule has 3 heteroatoms. The van der Waals surface area contributed by atoms with Crippen molar-refractivity contribution in [3.8, 4) is 0 Å². The van der Waals surface area contributed by atoms with Gasteiger partial charge in [-0.05, 0) is 24.1 Å². The molecular formula is C10H13ClFN. The van der Waals surface area contributed by atoms with Crippen LogP contribution in [-0.2, 0) is 0 Å². The molecule has 0 unspecified atom stereocenters. The van der Waals surface area contributed by atoms with E-state index >= 15 is 0 Å². The Morgan fingerprint density at radius 3 is 2.69 bits per heavy atom. The van der Waals surface area contributed by atoms with Crippen molar-refractivity contribution in [2.24, 2.45) is 5.92 Å². The first kappa shape index (κ1) is 10.3. The lowest BCUT2D eigenvalue weighted by atomic mass is 10.2. The minimum atomic E-state index is -0.378. The molecule has 1 N–H and O–H groups in total. The number of hydrogen-bond donors (Lipinski definition) is 1. The third-order valence-electron chi connectivity index (χ3n) is 1.63. The molecule has 0 atom stereocenters. The van der Waals surface area contributed by atoms with Gasteiger partial charge in [-0.2, -0.15) is 0 Å². The van der Waals surface area contributed by atoms with Gasteiger partial charge in [-0.1, -0.05) is 25.4 Å². The molecule has 1 nitrogen and oxygen atoms in total. The van der Waals surface area contributed by atoms with Gasteiger partial charge in [0.15, 0.2) is 0 Å². The number of rotatable bonds is 3. The van der Waals surface area contributed by atoms with Crippen LogP contribution in [-0.4, -0.2) is 6.54 Å². The molecular weight excluding hydrogens is 189 g/mol. The van der Waals surface area contributed by atoms with E-state index in [1.165, 1.54) is 6.07 Å². The maximum atomic E-state index is 12.7. The molecule has 0 bridgehead atoms. The molecule has 0 fully saturated rings. The predicted molar refractivity (Wildman–Crippen MR) is 54.7 cm³/mol. The molecule has 1 aromatic rings. The molecule has 0 saturated carbocycles. The lowest BCUT2D eigenvalue weighted by Gasteiger charge is -2.08. The first-order chi connectivity index (χ1) is 6.09.